The van der Waals surface area contributed by atoms with E-state index < -0.39 is 0 Å². The number of anilines is 3. The van der Waals surface area contributed by atoms with Crippen molar-refractivity contribution in [3.05, 3.63) is 188 Å². The topological polar surface area (TPSA) is 3.24 Å². The number of hydrogen-bond acceptors (Lipinski definition) is 1. The third-order valence-electron chi connectivity index (χ3n) is 9.39. The second-order valence-electron chi connectivity index (χ2n) is 12.2. The largest absolute Gasteiger partial charge is 0.311 e. The Morgan fingerprint density at radius 1 is 0.234 bits per heavy atom. The average Bonchev–Trinajstić information content (AvgIpc) is 3.15. The molecule has 9 aromatic carbocycles. The van der Waals surface area contributed by atoms with Gasteiger partial charge in [-0.05, 0) is 114 Å². The first-order valence-corrected chi connectivity index (χ1v) is 16.2. The molecule has 0 spiro atoms. The minimum Gasteiger partial charge on any atom is -0.311 e. The summed E-state index contributed by atoms with van der Waals surface area (Å²) in [5.74, 6) is 0. The first-order chi connectivity index (χ1) is 23.3. The van der Waals surface area contributed by atoms with Crippen LogP contribution in [0.1, 0.15) is 0 Å². The second kappa shape index (κ2) is 11.3. The highest BCUT2D eigenvalue weighted by molar-refractivity contribution is 6.23. The molecule has 0 bridgehead atoms. The molecular weight excluding hydrogens is 567 g/mol. The zero-order chi connectivity index (χ0) is 31.2. The standard InChI is InChI=1S/C46H31N/c1-3-8-32(9-4-1)34-18-24-42(25-19-34)47(43-26-20-35(21-27-43)33-10-5-2-6-11-33)44-28-22-36(23-29-44)41-30-39-16-14-37-12-7-13-38-15-17-40(31-41)46(39)45(37)38/h1-31H. The molecule has 0 heterocycles. The van der Waals surface area contributed by atoms with Crippen LogP contribution >= 0.6 is 0 Å². The van der Waals surface area contributed by atoms with Gasteiger partial charge in [-0.3, -0.25) is 0 Å². The van der Waals surface area contributed by atoms with Gasteiger partial charge in [-0.25, -0.2) is 0 Å². The minimum atomic E-state index is 1.12. The molecule has 0 N–H and O–H groups in total. The first-order valence-electron chi connectivity index (χ1n) is 16.2. The predicted octanol–water partition coefficient (Wildman–Crippen LogP) is 13.1. The summed E-state index contributed by atoms with van der Waals surface area (Å²) in [4.78, 5) is 2.34. The van der Waals surface area contributed by atoms with Crippen molar-refractivity contribution in [2.75, 3.05) is 4.90 Å². The van der Waals surface area contributed by atoms with Crippen molar-refractivity contribution >= 4 is 49.4 Å². The highest BCUT2D eigenvalue weighted by Crippen LogP contribution is 2.40. The fourth-order valence-electron chi connectivity index (χ4n) is 7.04. The zero-order valence-electron chi connectivity index (χ0n) is 25.8. The summed E-state index contributed by atoms with van der Waals surface area (Å²) < 4.78 is 0. The van der Waals surface area contributed by atoms with Crippen molar-refractivity contribution in [1.82, 2.24) is 0 Å². The molecule has 220 valence electrons. The summed E-state index contributed by atoms with van der Waals surface area (Å²) in [5, 5.41) is 7.87. The molecule has 0 unspecified atom stereocenters. The van der Waals surface area contributed by atoms with Crippen molar-refractivity contribution < 1.29 is 0 Å². The third-order valence-corrected chi connectivity index (χ3v) is 9.39. The molecule has 9 rings (SSSR count). The van der Waals surface area contributed by atoms with E-state index in [2.05, 4.69) is 193 Å². The lowest BCUT2D eigenvalue weighted by atomic mass is 9.91. The van der Waals surface area contributed by atoms with Crippen LogP contribution in [0.3, 0.4) is 0 Å². The minimum absolute atomic E-state index is 1.12. The van der Waals surface area contributed by atoms with Crippen molar-refractivity contribution in [2.24, 2.45) is 0 Å². The first kappa shape index (κ1) is 27.2. The van der Waals surface area contributed by atoms with Crippen molar-refractivity contribution in [2.45, 2.75) is 0 Å². The Labute approximate surface area is 275 Å². The zero-order valence-corrected chi connectivity index (χ0v) is 25.8. The summed E-state index contributed by atoms with van der Waals surface area (Å²) in [6.07, 6.45) is 0. The maximum absolute atomic E-state index is 2.34. The average molecular weight is 598 g/mol. The van der Waals surface area contributed by atoms with E-state index in [-0.39, 0.29) is 0 Å². The normalized spacial score (nSPS) is 11.4. The summed E-state index contributed by atoms with van der Waals surface area (Å²) in [6.45, 7) is 0. The van der Waals surface area contributed by atoms with Gasteiger partial charge in [0.15, 0.2) is 0 Å². The summed E-state index contributed by atoms with van der Waals surface area (Å²) >= 11 is 0. The highest BCUT2D eigenvalue weighted by atomic mass is 15.1. The van der Waals surface area contributed by atoms with Gasteiger partial charge < -0.3 is 4.90 Å². The molecule has 0 radical (unpaired) electrons. The van der Waals surface area contributed by atoms with Gasteiger partial charge in [0, 0.05) is 17.1 Å². The lowest BCUT2D eigenvalue weighted by molar-refractivity contribution is 1.28. The molecule has 0 aliphatic heterocycles. The van der Waals surface area contributed by atoms with Gasteiger partial charge in [-0.15, -0.1) is 0 Å². The molecule has 0 saturated heterocycles. The maximum atomic E-state index is 2.34. The molecule has 47 heavy (non-hydrogen) atoms. The van der Waals surface area contributed by atoms with E-state index in [4.69, 9.17) is 0 Å². The Morgan fingerprint density at radius 3 is 1.00 bits per heavy atom. The molecule has 0 aliphatic carbocycles. The highest BCUT2D eigenvalue weighted by Gasteiger charge is 2.15. The fourth-order valence-corrected chi connectivity index (χ4v) is 7.04. The molecule has 0 saturated carbocycles. The molecule has 1 heteroatoms. The molecule has 0 fully saturated rings. The Morgan fingerprint density at radius 2 is 0.574 bits per heavy atom. The molecule has 0 amide bonds. The second-order valence-corrected chi connectivity index (χ2v) is 12.2. The summed E-state index contributed by atoms with van der Waals surface area (Å²) in [6, 6.07) is 68.1. The van der Waals surface area contributed by atoms with Crippen LogP contribution in [0.25, 0.3) is 65.7 Å². The van der Waals surface area contributed by atoms with E-state index in [9.17, 15) is 0 Å². The van der Waals surface area contributed by atoms with Crippen LogP contribution in [0.2, 0.25) is 0 Å². The molecule has 1 nitrogen and oxygen atoms in total. The van der Waals surface area contributed by atoms with E-state index in [0.29, 0.717) is 0 Å². The molecule has 0 aromatic heterocycles. The van der Waals surface area contributed by atoms with Gasteiger partial charge in [0.25, 0.3) is 0 Å². The van der Waals surface area contributed by atoms with Crippen LogP contribution < -0.4 is 4.90 Å². The smallest absolute Gasteiger partial charge is 0.0462 e. The van der Waals surface area contributed by atoms with E-state index in [0.717, 1.165) is 17.1 Å². The Bertz CT molecular complexity index is 2310. The van der Waals surface area contributed by atoms with Crippen LogP contribution in [0.15, 0.2) is 188 Å². The van der Waals surface area contributed by atoms with Gasteiger partial charge in [0.1, 0.15) is 0 Å². The van der Waals surface area contributed by atoms with Crippen LogP contribution in [0.4, 0.5) is 17.1 Å². The lowest BCUT2D eigenvalue weighted by Gasteiger charge is -2.26. The number of nitrogens with zero attached hydrogens (tertiary/aromatic N) is 1. The van der Waals surface area contributed by atoms with E-state index in [1.165, 1.54) is 65.7 Å². The van der Waals surface area contributed by atoms with Gasteiger partial charge >= 0.3 is 0 Å². The molecule has 0 aliphatic rings. The van der Waals surface area contributed by atoms with Crippen molar-refractivity contribution in [3.63, 3.8) is 0 Å². The third kappa shape index (κ3) is 4.90. The summed E-state index contributed by atoms with van der Waals surface area (Å²) in [7, 11) is 0. The quantitative estimate of drug-likeness (QED) is 0.172. The lowest BCUT2D eigenvalue weighted by Crippen LogP contribution is -2.09. The van der Waals surface area contributed by atoms with Crippen LogP contribution in [-0.2, 0) is 0 Å². The van der Waals surface area contributed by atoms with Gasteiger partial charge in [-0.1, -0.05) is 140 Å². The van der Waals surface area contributed by atoms with E-state index in [1.54, 1.807) is 0 Å². The SMILES string of the molecule is c1ccc(-c2ccc(N(c3ccc(-c4ccccc4)cc3)c3ccc(-c4cc5ccc6cccc7ccc(c4)c5c67)cc3)cc2)cc1. The fraction of sp³-hybridized carbons (Fsp3) is 0. The van der Waals surface area contributed by atoms with Crippen LogP contribution in [0, 0.1) is 0 Å². The predicted molar refractivity (Wildman–Crippen MR) is 201 cm³/mol. The van der Waals surface area contributed by atoms with E-state index >= 15 is 0 Å². The van der Waals surface area contributed by atoms with Gasteiger partial charge in [0.2, 0.25) is 0 Å². The maximum Gasteiger partial charge on any atom is 0.0462 e. The van der Waals surface area contributed by atoms with Crippen LogP contribution in [0.5, 0.6) is 0 Å². The van der Waals surface area contributed by atoms with E-state index in [1.807, 2.05) is 0 Å². The number of benzene rings is 9. The Hall–Kier alpha value is -6.18. The number of hydrogen-bond donors (Lipinski definition) is 0. The number of rotatable bonds is 6. The molecular formula is C46H31N. The Kier molecular flexibility index (Phi) is 6.54. The monoisotopic (exact) mass is 597 g/mol. The van der Waals surface area contributed by atoms with Crippen molar-refractivity contribution in [3.8, 4) is 33.4 Å². The van der Waals surface area contributed by atoms with Gasteiger partial charge in [0.05, 0.1) is 0 Å². The van der Waals surface area contributed by atoms with Crippen molar-refractivity contribution in [1.29, 1.82) is 0 Å². The van der Waals surface area contributed by atoms with Gasteiger partial charge in [-0.2, -0.15) is 0 Å². The summed E-state index contributed by atoms with van der Waals surface area (Å²) in [5.41, 5.74) is 10.6. The molecule has 9 aromatic rings. The Balaban J connectivity index is 1.11. The molecule has 0 atom stereocenters. The van der Waals surface area contributed by atoms with Crippen LogP contribution in [-0.4, -0.2) is 0 Å².